The van der Waals surface area contributed by atoms with Gasteiger partial charge in [-0.1, -0.05) is 30.0 Å². The maximum Gasteiger partial charge on any atom is 0.415 e. The number of ether oxygens (including phenoxy) is 1. The number of nitrogens with zero attached hydrogens (tertiary/aromatic N) is 1. The molecule has 0 saturated carbocycles. The Kier molecular flexibility index (Phi) is 4.70. The summed E-state index contributed by atoms with van der Waals surface area (Å²) in [5.74, 6) is 5.69. The molecule has 0 atom stereocenters. The minimum absolute atomic E-state index is 0.0111. The van der Waals surface area contributed by atoms with Crippen LogP contribution in [0.25, 0.3) is 4.85 Å². The van der Waals surface area contributed by atoms with Crippen molar-refractivity contribution in [3.8, 4) is 17.6 Å². The Balaban J connectivity index is 2.08. The lowest BCUT2D eigenvalue weighted by Crippen LogP contribution is -2.04. The highest BCUT2D eigenvalue weighted by Gasteiger charge is 2.31. The fourth-order valence-electron chi connectivity index (χ4n) is 1.68. The van der Waals surface area contributed by atoms with Crippen LogP contribution in [0.3, 0.4) is 0 Å². The summed E-state index contributed by atoms with van der Waals surface area (Å²) in [5, 5.41) is 0. The molecule has 0 spiro atoms. The summed E-state index contributed by atoms with van der Waals surface area (Å²) in [6.45, 7) is 6.93. The normalized spacial score (nSPS) is 10.3. The van der Waals surface area contributed by atoms with E-state index in [2.05, 4.69) is 16.7 Å². The first kappa shape index (κ1) is 15.5. The summed E-state index contributed by atoms with van der Waals surface area (Å²) >= 11 is 0. The van der Waals surface area contributed by atoms with E-state index in [0.717, 1.165) is 23.8 Å². The van der Waals surface area contributed by atoms with Crippen molar-refractivity contribution in [1.82, 2.24) is 0 Å². The zero-order valence-corrected chi connectivity index (χ0v) is 11.3. The van der Waals surface area contributed by atoms with Crippen LogP contribution < -0.4 is 4.74 Å². The second-order valence-corrected chi connectivity index (χ2v) is 4.25. The van der Waals surface area contributed by atoms with Gasteiger partial charge in [0.15, 0.2) is 0 Å². The van der Waals surface area contributed by atoms with Crippen molar-refractivity contribution < 1.29 is 17.9 Å². The molecule has 0 aliphatic rings. The summed E-state index contributed by atoms with van der Waals surface area (Å²) in [4.78, 5) is 3.06. The Morgan fingerprint density at radius 2 is 1.82 bits per heavy atom. The van der Waals surface area contributed by atoms with Crippen LogP contribution in [0.15, 0.2) is 48.5 Å². The number of halogens is 3. The van der Waals surface area contributed by atoms with Gasteiger partial charge in [0.2, 0.25) is 5.69 Å². The number of benzene rings is 2. The monoisotopic (exact) mass is 301 g/mol. The Morgan fingerprint density at radius 1 is 1.09 bits per heavy atom. The van der Waals surface area contributed by atoms with Gasteiger partial charge < -0.3 is 4.74 Å². The van der Waals surface area contributed by atoms with Gasteiger partial charge >= 0.3 is 6.18 Å². The quantitative estimate of drug-likeness (QED) is 0.579. The van der Waals surface area contributed by atoms with Crippen molar-refractivity contribution in [2.24, 2.45) is 0 Å². The van der Waals surface area contributed by atoms with Gasteiger partial charge in [-0.05, 0) is 30.3 Å². The van der Waals surface area contributed by atoms with Crippen LogP contribution in [0, 0.1) is 18.4 Å². The smallest absolute Gasteiger partial charge is 0.415 e. The van der Waals surface area contributed by atoms with Crippen molar-refractivity contribution in [1.29, 1.82) is 0 Å². The number of hydrogen-bond acceptors (Lipinski definition) is 1. The molecule has 5 heteroatoms. The predicted molar refractivity (Wildman–Crippen MR) is 76.5 cm³/mol. The van der Waals surface area contributed by atoms with Crippen LogP contribution in [-0.4, -0.2) is 6.61 Å². The van der Waals surface area contributed by atoms with Crippen LogP contribution in [0.2, 0.25) is 0 Å². The molecule has 0 N–H and O–H groups in total. The lowest BCUT2D eigenvalue weighted by Gasteiger charge is -2.09. The van der Waals surface area contributed by atoms with E-state index in [4.69, 9.17) is 11.3 Å². The molecule has 110 valence electrons. The first-order chi connectivity index (χ1) is 10.5. The summed E-state index contributed by atoms with van der Waals surface area (Å²) in [6, 6.07) is 12.0. The molecule has 0 radical (unpaired) electrons. The zero-order chi connectivity index (χ0) is 16.0. The third-order valence-electron chi connectivity index (χ3n) is 2.71. The molecule has 0 bridgehead atoms. The number of alkyl halides is 3. The highest BCUT2D eigenvalue weighted by atomic mass is 19.4. The largest absolute Gasteiger partial charge is 0.492 e. The maximum absolute atomic E-state index is 12.6. The van der Waals surface area contributed by atoms with Crippen molar-refractivity contribution in [3.63, 3.8) is 0 Å². The van der Waals surface area contributed by atoms with Crippen LogP contribution in [-0.2, 0) is 6.18 Å². The fraction of sp³-hybridized carbons (Fsp3) is 0.118. The van der Waals surface area contributed by atoms with Gasteiger partial charge in [0.25, 0.3) is 0 Å². The Labute approximate surface area is 126 Å². The molecular weight excluding hydrogens is 291 g/mol. The predicted octanol–water partition coefficient (Wildman–Crippen LogP) is 4.69. The van der Waals surface area contributed by atoms with Gasteiger partial charge in [-0.3, -0.25) is 0 Å². The second-order valence-electron chi connectivity index (χ2n) is 4.25. The zero-order valence-electron chi connectivity index (χ0n) is 11.3. The molecule has 0 aliphatic heterocycles. The second kappa shape index (κ2) is 6.69. The van der Waals surface area contributed by atoms with E-state index < -0.39 is 11.7 Å². The van der Waals surface area contributed by atoms with E-state index >= 15 is 0 Å². The minimum atomic E-state index is -4.48. The molecule has 2 aromatic rings. The molecule has 0 aliphatic carbocycles. The van der Waals surface area contributed by atoms with Crippen LogP contribution in [0.5, 0.6) is 5.75 Å². The van der Waals surface area contributed by atoms with Crippen molar-refractivity contribution in [2.45, 2.75) is 6.18 Å². The highest BCUT2D eigenvalue weighted by Crippen LogP contribution is 2.36. The SMILES string of the molecule is [C-]#[N+]c1cc(C(F)(F)F)ccc1OCC#Cc1ccccc1. The average Bonchev–Trinajstić information content (AvgIpc) is 2.51. The molecule has 0 heterocycles. The van der Waals surface area contributed by atoms with Crippen molar-refractivity contribution >= 4 is 5.69 Å². The standard InChI is InChI=1S/C17H10F3NO/c1-21-15-12-14(17(18,19)20)9-10-16(15)22-11-5-8-13-6-3-2-4-7-13/h2-4,6-7,9-10,12H,11H2. The van der Waals surface area contributed by atoms with Crippen molar-refractivity contribution in [3.05, 3.63) is 71.1 Å². The fourth-order valence-corrected chi connectivity index (χ4v) is 1.68. The highest BCUT2D eigenvalue weighted by molar-refractivity contribution is 5.59. The van der Waals surface area contributed by atoms with E-state index in [1.54, 1.807) is 0 Å². The Morgan fingerprint density at radius 3 is 2.45 bits per heavy atom. The number of rotatable bonds is 2. The van der Waals surface area contributed by atoms with Gasteiger partial charge in [-0.2, -0.15) is 13.2 Å². The van der Waals surface area contributed by atoms with Crippen molar-refractivity contribution in [2.75, 3.05) is 6.61 Å². The van der Waals surface area contributed by atoms with E-state index in [0.29, 0.717) is 0 Å². The van der Waals surface area contributed by atoms with Crippen LogP contribution in [0.4, 0.5) is 18.9 Å². The average molecular weight is 301 g/mol. The molecule has 0 amide bonds. The molecule has 0 fully saturated rings. The van der Waals surface area contributed by atoms with Gasteiger partial charge in [-0.15, -0.1) is 0 Å². The molecule has 2 rings (SSSR count). The van der Waals surface area contributed by atoms with Crippen LogP contribution >= 0.6 is 0 Å². The first-order valence-electron chi connectivity index (χ1n) is 6.26. The molecule has 0 aromatic heterocycles. The minimum Gasteiger partial charge on any atom is -0.492 e. The summed E-state index contributed by atoms with van der Waals surface area (Å²) in [5.41, 5.74) is -0.249. The van der Waals surface area contributed by atoms with Crippen LogP contribution in [0.1, 0.15) is 11.1 Å². The molecule has 2 nitrogen and oxygen atoms in total. The molecule has 22 heavy (non-hydrogen) atoms. The Hall–Kier alpha value is -2.92. The molecular formula is C17H10F3NO. The molecule has 0 unspecified atom stereocenters. The summed E-state index contributed by atoms with van der Waals surface area (Å²) in [6.07, 6.45) is -4.48. The van der Waals surface area contributed by atoms with Gasteiger partial charge in [0.05, 0.1) is 6.57 Å². The summed E-state index contributed by atoms with van der Waals surface area (Å²) in [7, 11) is 0. The van der Waals surface area contributed by atoms with E-state index in [1.165, 1.54) is 0 Å². The van der Waals surface area contributed by atoms with Gasteiger partial charge in [0.1, 0.15) is 12.4 Å². The third-order valence-corrected chi connectivity index (χ3v) is 2.71. The lowest BCUT2D eigenvalue weighted by molar-refractivity contribution is -0.137. The van der Waals surface area contributed by atoms with E-state index in [-0.39, 0.29) is 18.0 Å². The van der Waals surface area contributed by atoms with E-state index in [1.807, 2.05) is 30.3 Å². The first-order valence-corrected chi connectivity index (χ1v) is 6.26. The summed E-state index contributed by atoms with van der Waals surface area (Å²) < 4.78 is 43.0. The molecule has 0 saturated heterocycles. The lowest BCUT2D eigenvalue weighted by atomic mass is 10.2. The van der Waals surface area contributed by atoms with E-state index in [9.17, 15) is 13.2 Å². The number of hydrogen-bond donors (Lipinski definition) is 0. The van der Waals surface area contributed by atoms with Gasteiger partial charge in [0, 0.05) is 11.1 Å². The third kappa shape index (κ3) is 4.04. The Bertz CT molecular complexity index is 749. The topological polar surface area (TPSA) is 13.6 Å². The van der Waals surface area contributed by atoms with Gasteiger partial charge in [-0.25, -0.2) is 4.85 Å². The molecule has 2 aromatic carbocycles. The maximum atomic E-state index is 12.6.